The predicted octanol–water partition coefficient (Wildman–Crippen LogP) is 2.07. The summed E-state index contributed by atoms with van der Waals surface area (Å²) in [7, 11) is 0. The molecule has 18 heavy (non-hydrogen) atoms. The fourth-order valence-electron chi connectivity index (χ4n) is 1.98. The molecule has 0 heterocycles. The van der Waals surface area contributed by atoms with Crippen molar-refractivity contribution in [1.29, 1.82) is 0 Å². The van der Waals surface area contributed by atoms with Gasteiger partial charge in [-0.15, -0.1) is 0 Å². The molecule has 0 aliphatic heterocycles. The maximum absolute atomic E-state index is 12.0. The van der Waals surface area contributed by atoms with Crippen LogP contribution in [0.2, 0.25) is 0 Å². The van der Waals surface area contributed by atoms with Crippen LogP contribution in [-0.4, -0.2) is 40.6 Å². The predicted molar refractivity (Wildman–Crippen MR) is 69.4 cm³/mol. The van der Waals surface area contributed by atoms with Gasteiger partial charge in [-0.25, -0.2) is 9.59 Å². The van der Waals surface area contributed by atoms with E-state index >= 15 is 0 Å². The molecule has 0 saturated heterocycles. The van der Waals surface area contributed by atoms with Gasteiger partial charge in [0.15, 0.2) is 0 Å². The largest absolute Gasteiger partial charge is 0.480 e. The molecule has 0 bridgehead atoms. The first-order chi connectivity index (χ1) is 8.45. The Morgan fingerprint density at radius 1 is 1.39 bits per heavy atom. The van der Waals surface area contributed by atoms with Crippen LogP contribution < -0.4 is 5.32 Å². The number of rotatable bonds is 7. The van der Waals surface area contributed by atoms with E-state index in [1.54, 1.807) is 4.90 Å². The van der Waals surface area contributed by atoms with Crippen molar-refractivity contribution < 1.29 is 14.7 Å². The summed E-state index contributed by atoms with van der Waals surface area (Å²) >= 11 is 0. The van der Waals surface area contributed by atoms with Gasteiger partial charge in [0.25, 0.3) is 0 Å². The smallest absolute Gasteiger partial charge is 0.326 e. The highest BCUT2D eigenvalue weighted by Crippen LogP contribution is 2.33. The quantitative estimate of drug-likeness (QED) is 0.732. The zero-order chi connectivity index (χ0) is 13.7. The molecule has 0 aromatic rings. The lowest BCUT2D eigenvalue weighted by molar-refractivity contribution is -0.139. The van der Waals surface area contributed by atoms with Gasteiger partial charge in [0.05, 0.1) is 0 Å². The van der Waals surface area contributed by atoms with Crippen molar-refractivity contribution in [3.05, 3.63) is 0 Å². The lowest BCUT2D eigenvalue weighted by Crippen LogP contribution is -2.50. The topological polar surface area (TPSA) is 69.6 Å². The molecule has 0 aromatic carbocycles. The molecule has 2 N–H and O–H groups in total. The van der Waals surface area contributed by atoms with Crippen molar-refractivity contribution in [3.63, 3.8) is 0 Å². The summed E-state index contributed by atoms with van der Waals surface area (Å²) in [6, 6.07) is -0.927. The van der Waals surface area contributed by atoms with Crippen LogP contribution in [-0.2, 0) is 4.79 Å². The molecular weight excluding hydrogens is 232 g/mol. The molecule has 1 rings (SSSR count). The molecule has 2 amide bonds. The average molecular weight is 256 g/mol. The fraction of sp³-hybridized carbons (Fsp3) is 0.846. The molecule has 0 radical (unpaired) electrons. The van der Waals surface area contributed by atoms with Gasteiger partial charge in [-0.3, -0.25) is 0 Å². The lowest BCUT2D eigenvalue weighted by Gasteiger charge is -2.28. The summed E-state index contributed by atoms with van der Waals surface area (Å²) in [5, 5.41) is 11.8. The molecule has 1 atom stereocenters. The lowest BCUT2D eigenvalue weighted by atomic mass is 10.1. The van der Waals surface area contributed by atoms with Crippen LogP contribution in [0.5, 0.6) is 0 Å². The van der Waals surface area contributed by atoms with Gasteiger partial charge in [-0.2, -0.15) is 0 Å². The number of carbonyl (C=O) groups excluding carboxylic acids is 1. The van der Waals surface area contributed by atoms with E-state index in [4.69, 9.17) is 5.11 Å². The van der Waals surface area contributed by atoms with Gasteiger partial charge in [0.1, 0.15) is 6.04 Å². The minimum atomic E-state index is -0.935. The maximum Gasteiger partial charge on any atom is 0.326 e. The highest BCUT2D eigenvalue weighted by molar-refractivity contribution is 5.82. The van der Waals surface area contributed by atoms with E-state index in [-0.39, 0.29) is 12.1 Å². The van der Waals surface area contributed by atoms with Crippen LogP contribution in [0.4, 0.5) is 4.79 Å². The molecular formula is C13H24N2O3. The van der Waals surface area contributed by atoms with Gasteiger partial charge in [0, 0.05) is 12.6 Å². The van der Waals surface area contributed by atoms with Crippen LogP contribution in [0.15, 0.2) is 0 Å². The second-order valence-electron chi connectivity index (χ2n) is 5.31. The molecule has 1 fully saturated rings. The van der Waals surface area contributed by atoms with Crippen molar-refractivity contribution in [2.24, 2.45) is 5.92 Å². The van der Waals surface area contributed by atoms with Gasteiger partial charge < -0.3 is 15.3 Å². The van der Waals surface area contributed by atoms with Crippen molar-refractivity contribution in [2.75, 3.05) is 6.54 Å². The normalized spacial score (nSPS) is 16.4. The minimum Gasteiger partial charge on any atom is -0.480 e. The molecule has 5 nitrogen and oxygen atoms in total. The first kappa shape index (κ1) is 14.8. The second-order valence-corrected chi connectivity index (χ2v) is 5.31. The van der Waals surface area contributed by atoms with E-state index in [2.05, 4.69) is 5.32 Å². The third-order valence-electron chi connectivity index (χ3n) is 3.21. The van der Waals surface area contributed by atoms with Crippen molar-refractivity contribution in [1.82, 2.24) is 10.2 Å². The average Bonchev–Trinajstić information content (AvgIpc) is 3.07. The van der Waals surface area contributed by atoms with Gasteiger partial charge >= 0.3 is 12.0 Å². The Kier molecular flexibility index (Phi) is 5.44. The number of amides is 2. The third-order valence-corrected chi connectivity index (χ3v) is 3.21. The van der Waals surface area contributed by atoms with Gasteiger partial charge in [-0.1, -0.05) is 19.8 Å². The fourth-order valence-corrected chi connectivity index (χ4v) is 1.98. The Hall–Kier alpha value is -1.26. The van der Waals surface area contributed by atoms with Crippen molar-refractivity contribution >= 4 is 12.0 Å². The number of nitrogens with one attached hydrogen (secondary N) is 1. The van der Waals surface area contributed by atoms with Crippen molar-refractivity contribution in [2.45, 2.75) is 58.5 Å². The monoisotopic (exact) mass is 256 g/mol. The third kappa shape index (κ3) is 4.55. The van der Waals surface area contributed by atoms with Gasteiger partial charge in [-0.05, 0) is 32.6 Å². The Morgan fingerprint density at radius 3 is 2.39 bits per heavy atom. The summed E-state index contributed by atoms with van der Waals surface area (Å²) in [4.78, 5) is 24.8. The minimum absolute atomic E-state index is 0.0836. The molecule has 5 heteroatoms. The molecule has 0 spiro atoms. The Morgan fingerprint density at radius 2 is 2.00 bits per heavy atom. The highest BCUT2D eigenvalue weighted by Gasteiger charge is 2.31. The molecule has 104 valence electrons. The first-order valence-electron chi connectivity index (χ1n) is 6.75. The summed E-state index contributed by atoms with van der Waals surface area (Å²) in [5.41, 5.74) is 0. The number of aliphatic carboxylic acids is 1. The summed E-state index contributed by atoms with van der Waals surface area (Å²) in [5.74, 6) is -0.458. The van der Waals surface area contributed by atoms with Gasteiger partial charge in [0.2, 0.25) is 0 Å². The van der Waals surface area contributed by atoms with Crippen LogP contribution in [0, 0.1) is 5.92 Å². The first-order valence-corrected chi connectivity index (χ1v) is 6.75. The standard InChI is InChI=1S/C13H24N2O3/c1-4-7-15(9(2)3)13(18)14-11(12(16)17)8-10-5-6-10/h9-11H,4-8H2,1-3H3,(H,14,18)(H,16,17)/t11-/m0/s1. The number of nitrogens with zero attached hydrogens (tertiary/aromatic N) is 1. The molecule has 0 unspecified atom stereocenters. The van der Waals surface area contributed by atoms with Crippen LogP contribution in [0.1, 0.15) is 46.5 Å². The maximum atomic E-state index is 12.0. The zero-order valence-corrected chi connectivity index (χ0v) is 11.5. The number of hydrogen-bond donors (Lipinski definition) is 2. The Labute approximate surface area is 109 Å². The number of carboxylic acid groups (broad SMARTS) is 1. The number of urea groups is 1. The van der Waals surface area contributed by atoms with E-state index in [0.29, 0.717) is 18.9 Å². The Balaban J connectivity index is 2.54. The van der Waals surface area contributed by atoms with Crippen LogP contribution in [0.25, 0.3) is 0 Å². The SMILES string of the molecule is CCCN(C(=O)N[C@@H](CC1CC1)C(=O)O)C(C)C. The van der Waals surface area contributed by atoms with E-state index in [1.165, 1.54) is 0 Å². The number of carboxylic acids is 1. The van der Waals surface area contributed by atoms with E-state index < -0.39 is 12.0 Å². The number of hydrogen-bond acceptors (Lipinski definition) is 2. The van der Waals surface area contributed by atoms with Crippen LogP contribution in [0.3, 0.4) is 0 Å². The Bertz CT molecular complexity index is 301. The summed E-state index contributed by atoms with van der Waals surface area (Å²) in [6.45, 7) is 6.53. The van der Waals surface area contributed by atoms with Crippen molar-refractivity contribution in [3.8, 4) is 0 Å². The van der Waals surface area contributed by atoms with Crippen LogP contribution >= 0.6 is 0 Å². The van der Waals surface area contributed by atoms with E-state index in [9.17, 15) is 9.59 Å². The number of carbonyl (C=O) groups is 2. The van der Waals surface area contributed by atoms with E-state index in [1.807, 2.05) is 20.8 Å². The second kappa shape index (κ2) is 6.61. The molecule has 0 aromatic heterocycles. The summed E-state index contributed by atoms with van der Waals surface area (Å²) < 4.78 is 0. The zero-order valence-electron chi connectivity index (χ0n) is 11.5. The molecule has 1 saturated carbocycles. The molecule has 1 aliphatic rings. The van der Waals surface area contributed by atoms with E-state index in [0.717, 1.165) is 19.3 Å². The highest BCUT2D eigenvalue weighted by atomic mass is 16.4. The summed E-state index contributed by atoms with van der Waals surface area (Å²) in [6.07, 6.45) is 3.59. The molecule has 1 aliphatic carbocycles.